The molecule has 1 aromatic heterocycles. The second-order valence-electron chi connectivity index (χ2n) is 5.81. The normalized spacial score (nSPS) is 15.5. The SMILES string of the molecule is CCNC(=NCC(=O)NC1CC1)NCC(C)Cc1cccs1.I. The van der Waals surface area contributed by atoms with Gasteiger partial charge in [0.05, 0.1) is 0 Å². The Kier molecular flexibility index (Phi) is 9.54. The van der Waals surface area contributed by atoms with Gasteiger partial charge in [-0.25, -0.2) is 4.99 Å². The van der Waals surface area contributed by atoms with Gasteiger partial charge in [0.25, 0.3) is 0 Å². The minimum absolute atomic E-state index is 0. The smallest absolute Gasteiger partial charge is 0.242 e. The number of guanidine groups is 1. The molecule has 7 heteroatoms. The third-order valence-electron chi connectivity index (χ3n) is 3.42. The average Bonchev–Trinajstić information content (AvgIpc) is 3.15. The quantitative estimate of drug-likeness (QED) is 0.324. The van der Waals surface area contributed by atoms with Crippen LogP contribution in [0.3, 0.4) is 0 Å². The lowest BCUT2D eigenvalue weighted by Crippen LogP contribution is -2.40. The highest BCUT2D eigenvalue weighted by Crippen LogP contribution is 2.18. The van der Waals surface area contributed by atoms with E-state index in [1.54, 1.807) is 11.3 Å². The largest absolute Gasteiger partial charge is 0.357 e. The molecule has 1 aromatic rings. The lowest BCUT2D eigenvalue weighted by molar-refractivity contribution is -0.119. The molecule has 1 unspecified atom stereocenters. The highest BCUT2D eigenvalue weighted by atomic mass is 127. The molecule has 0 radical (unpaired) electrons. The van der Waals surface area contributed by atoms with Crippen molar-refractivity contribution in [3.63, 3.8) is 0 Å². The van der Waals surface area contributed by atoms with Crippen molar-refractivity contribution in [2.75, 3.05) is 19.6 Å². The van der Waals surface area contributed by atoms with Gasteiger partial charge in [0.2, 0.25) is 5.91 Å². The van der Waals surface area contributed by atoms with Gasteiger partial charge in [-0.15, -0.1) is 35.3 Å². The van der Waals surface area contributed by atoms with Crippen LogP contribution >= 0.6 is 35.3 Å². The van der Waals surface area contributed by atoms with Crippen molar-refractivity contribution in [2.24, 2.45) is 10.9 Å². The number of carbonyl (C=O) groups excluding carboxylic acids is 1. The second kappa shape index (κ2) is 10.9. The number of thiophene rings is 1. The number of amides is 1. The summed E-state index contributed by atoms with van der Waals surface area (Å²) < 4.78 is 0. The molecular formula is C16H27IN4OS. The van der Waals surface area contributed by atoms with Crippen LogP contribution in [0.15, 0.2) is 22.5 Å². The van der Waals surface area contributed by atoms with Crippen LogP contribution in [0.1, 0.15) is 31.6 Å². The van der Waals surface area contributed by atoms with Gasteiger partial charge in [0.15, 0.2) is 5.96 Å². The maximum Gasteiger partial charge on any atom is 0.242 e. The number of carbonyl (C=O) groups is 1. The monoisotopic (exact) mass is 450 g/mol. The summed E-state index contributed by atoms with van der Waals surface area (Å²) in [6, 6.07) is 4.65. The molecule has 0 aliphatic heterocycles. The summed E-state index contributed by atoms with van der Waals surface area (Å²) in [5, 5.41) is 11.6. The lowest BCUT2D eigenvalue weighted by atomic mass is 10.1. The number of hydrogen-bond acceptors (Lipinski definition) is 3. The van der Waals surface area contributed by atoms with Crippen LogP contribution in [-0.4, -0.2) is 37.5 Å². The van der Waals surface area contributed by atoms with Crippen molar-refractivity contribution in [3.05, 3.63) is 22.4 Å². The number of nitrogens with zero attached hydrogens (tertiary/aromatic N) is 1. The fourth-order valence-electron chi connectivity index (χ4n) is 2.11. The molecule has 5 nitrogen and oxygen atoms in total. The first-order valence-corrected chi connectivity index (χ1v) is 8.89. The molecule has 1 heterocycles. The van der Waals surface area contributed by atoms with E-state index in [9.17, 15) is 4.79 Å². The van der Waals surface area contributed by atoms with Crippen molar-refractivity contribution < 1.29 is 4.79 Å². The van der Waals surface area contributed by atoms with Crippen LogP contribution in [0.4, 0.5) is 0 Å². The molecule has 2 rings (SSSR count). The molecule has 0 aromatic carbocycles. The topological polar surface area (TPSA) is 65.5 Å². The minimum Gasteiger partial charge on any atom is -0.357 e. The van der Waals surface area contributed by atoms with Gasteiger partial charge in [-0.05, 0) is 43.6 Å². The number of aliphatic imine (C=N–C) groups is 1. The second-order valence-corrected chi connectivity index (χ2v) is 6.84. The Hall–Kier alpha value is -0.830. The van der Waals surface area contributed by atoms with Crippen molar-refractivity contribution in [1.82, 2.24) is 16.0 Å². The van der Waals surface area contributed by atoms with E-state index in [2.05, 4.69) is 45.4 Å². The number of halogens is 1. The number of nitrogens with one attached hydrogen (secondary N) is 3. The Morgan fingerprint density at radius 1 is 1.43 bits per heavy atom. The number of rotatable bonds is 8. The first-order valence-electron chi connectivity index (χ1n) is 8.01. The van der Waals surface area contributed by atoms with Crippen LogP contribution in [0, 0.1) is 5.92 Å². The maximum atomic E-state index is 11.7. The Bertz CT molecular complexity index is 488. The lowest BCUT2D eigenvalue weighted by Gasteiger charge is -2.15. The van der Waals surface area contributed by atoms with Gasteiger partial charge in [-0.2, -0.15) is 0 Å². The van der Waals surface area contributed by atoms with E-state index in [4.69, 9.17) is 0 Å². The molecule has 1 amide bonds. The first kappa shape index (κ1) is 20.2. The zero-order valence-electron chi connectivity index (χ0n) is 13.8. The van der Waals surface area contributed by atoms with Crippen molar-refractivity contribution in [3.8, 4) is 0 Å². The van der Waals surface area contributed by atoms with E-state index >= 15 is 0 Å². The van der Waals surface area contributed by atoms with Gasteiger partial charge in [0.1, 0.15) is 6.54 Å². The summed E-state index contributed by atoms with van der Waals surface area (Å²) in [5.74, 6) is 1.24. The molecule has 1 aliphatic rings. The standard InChI is InChI=1S/C16H26N4OS.HI/c1-3-17-16(19-11-15(21)20-13-6-7-13)18-10-12(2)9-14-5-4-8-22-14;/h4-5,8,12-13H,3,6-7,9-11H2,1-2H3,(H,20,21)(H2,17,18,19);1H. The van der Waals surface area contributed by atoms with Gasteiger partial charge < -0.3 is 16.0 Å². The Morgan fingerprint density at radius 3 is 2.83 bits per heavy atom. The molecule has 130 valence electrons. The molecule has 1 saturated carbocycles. The summed E-state index contributed by atoms with van der Waals surface area (Å²) in [7, 11) is 0. The average molecular weight is 450 g/mol. The predicted octanol–water partition coefficient (Wildman–Crippen LogP) is 2.38. The first-order chi connectivity index (χ1) is 10.7. The van der Waals surface area contributed by atoms with E-state index < -0.39 is 0 Å². The van der Waals surface area contributed by atoms with Crippen LogP contribution < -0.4 is 16.0 Å². The molecule has 23 heavy (non-hydrogen) atoms. The van der Waals surface area contributed by atoms with Crippen molar-refractivity contribution in [2.45, 2.75) is 39.2 Å². The molecule has 1 aliphatic carbocycles. The number of hydrogen-bond donors (Lipinski definition) is 3. The van der Waals surface area contributed by atoms with Crippen LogP contribution in [0.5, 0.6) is 0 Å². The summed E-state index contributed by atoms with van der Waals surface area (Å²) in [5.41, 5.74) is 0. The molecule has 1 fully saturated rings. The van der Waals surface area contributed by atoms with Crippen LogP contribution in [0.25, 0.3) is 0 Å². The van der Waals surface area contributed by atoms with Crippen LogP contribution in [0.2, 0.25) is 0 Å². The highest BCUT2D eigenvalue weighted by molar-refractivity contribution is 14.0. The van der Waals surface area contributed by atoms with E-state index in [-0.39, 0.29) is 36.4 Å². The Balaban J connectivity index is 0.00000264. The third kappa shape index (κ3) is 8.55. The summed E-state index contributed by atoms with van der Waals surface area (Å²) in [6.45, 7) is 6.06. The molecule has 0 saturated heterocycles. The van der Waals surface area contributed by atoms with E-state index in [1.165, 1.54) is 4.88 Å². The zero-order chi connectivity index (χ0) is 15.8. The van der Waals surface area contributed by atoms with E-state index in [0.29, 0.717) is 17.9 Å². The molecule has 1 atom stereocenters. The highest BCUT2D eigenvalue weighted by Gasteiger charge is 2.22. The van der Waals surface area contributed by atoms with Crippen molar-refractivity contribution in [1.29, 1.82) is 0 Å². The van der Waals surface area contributed by atoms with Gasteiger partial charge in [-0.1, -0.05) is 13.0 Å². The molecule has 0 bridgehead atoms. The Labute approximate surface area is 159 Å². The van der Waals surface area contributed by atoms with Gasteiger partial charge in [-0.3, -0.25) is 4.79 Å². The maximum absolute atomic E-state index is 11.7. The molecule has 0 spiro atoms. The summed E-state index contributed by atoms with van der Waals surface area (Å²) in [6.07, 6.45) is 3.27. The van der Waals surface area contributed by atoms with E-state index in [1.807, 2.05) is 6.92 Å². The fourth-order valence-corrected chi connectivity index (χ4v) is 2.98. The Morgan fingerprint density at radius 2 is 2.22 bits per heavy atom. The molecule has 3 N–H and O–H groups in total. The minimum atomic E-state index is 0. The third-order valence-corrected chi connectivity index (χ3v) is 4.31. The fraction of sp³-hybridized carbons (Fsp3) is 0.625. The van der Waals surface area contributed by atoms with Gasteiger partial charge in [0, 0.05) is 24.0 Å². The van der Waals surface area contributed by atoms with Gasteiger partial charge >= 0.3 is 0 Å². The molecular weight excluding hydrogens is 423 g/mol. The summed E-state index contributed by atoms with van der Waals surface area (Å²) >= 11 is 1.79. The van der Waals surface area contributed by atoms with E-state index in [0.717, 1.165) is 32.4 Å². The van der Waals surface area contributed by atoms with Crippen molar-refractivity contribution >= 4 is 47.2 Å². The van der Waals surface area contributed by atoms with Crippen LogP contribution in [-0.2, 0) is 11.2 Å². The summed E-state index contributed by atoms with van der Waals surface area (Å²) in [4.78, 5) is 17.4. The zero-order valence-corrected chi connectivity index (χ0v) is 16.9. The predicted molar refractivity (Wildman–Crippen MR) is 108 cm³/mol.